The van der Waals surface area contributed by atoms with E-state index in [9.17, 15) is 9.59 Å². The molecule has 31 heavy (non-hydrogen) atoms. The molecule has 0 spiro atoms. The molecule has 0 amide bonds. The fraction of sp³-hybridized carbons (Fsp3) is 0.259. The smallest absolute Gasteiger partial charge is 0.141 e. The fourth-order valence-corrected chi connectivity index (χ4v) is 5.16. The van der Waals surface area contributed by atoms with Gasteiger partial charge in [-0.2, -0.15) is 0 Å². The molecule has 2 aliphatic rings. The summed E-state index contributed by atoms with van der Waals surface area (Å²) in [6.45, 7) is 0. The van der Waals surface area contributed by atoms with E-state index in [1.165, 1.54) is 27.8 Å². The predicted molar refractivity (Wildman–Crippen MR) is 132 cm³/mol. The van der Waals surface area contributed by atoms with Crippen molar-refractivity contribution in [3.8, 4) is 0 Å². The van der Waals surface area contributed by atoms with Crippen LogP contribution < -0.4 is 0 Å². The van der Waals surface area contributed by atoms with Crippen LogP contribution in [0.1, 0.15) is 46.6 Å². The van der Waals surface area contributed by atoms with E-state index in [2.05, 4.69) is 68.3 Å². The number of aryl methyl sites for hydroxylation is 2. The van der Waals surface area contributed by atoms with E-state index in [1.54, 1.807) is 0 Å². The number of ketones is 2. The van der Waals surface area contributed by atoms with Gasteiger partial charge in [-0.15, -0.1) is 0 Å². The molecule has 0 bridgehead atoms. The first-order valence-electron chi connectivity index (χ1n) is 10.6. The maximum atomic E-state index is 12.3. The first-order chi connectivity index (χ1) is 15.0. The third-order valence-electron chi connectivity index (χ3n) is 6.02. The van der Waals surface area contributed by atoms with Crippen LogP contribution in [0.4, 0.5) is 0 Å². The lowest BCUT2D eigenvalue weighted by Crippen LogP contribution is -2.22. The maximum Gasteiger partial charge on any atom is 0.141 e. The van der Waals surface area contributed by atoms with Crippen LogP contribution in [0.2, 0.25) is 0 Å². The van der Waals surface area contributed by atoms with E-state index >= 15 is 0 Å². The van der Waals surface area contributed by atoms with Crippen molar-refractivity contribution in [2.24, 2.45) is 0 Å². The molecular formula is C27H24Br2O2. The van der Waals surface area contributed by atoms with Crippen molar-refractivity contribution >= 4 is 43.4 Å². The summed E-state index contributed by atoms with van der Waals surface area (Å²) < 4.78 is 2.12. The third-order valence-corrected chi connectivity index (χ3v) is 7.01. The van der Waals surface area contributed by atoms with Gasteiger partial charge in [-0.1, -0.05) is 74.3 Å². The molecule has 0 aromatic heterocycles. The van der Waals surface area contributed by atoms with Crippen LogP contribution in [0.15, 0.2) is 75.7 Å². The quantitative estimate of drug-likeness (QED) is 0.359. The molecule has 1 unspecified atom stereocenters. The summed E-state index contributed by atoms with van der Waals surface area (Å²) in [6.07, 6.45) is 4.62. The second kappa shape index (κ2) is 10.1. The van der Waals surface area contributed by atoms with E-state index in [-0.39, 0.29) is 5.92 Å². The summed E-state index contributed by atoms with van der Waals surface area (Å²) in [5.41, 5.74) is 6.28. The van der Waals surface area contributed by atoms with Crippen LogP contribution in [0.5, 0.6) is 0 Å². The Morgan fingerprint density at radius 1 is 0.710 bits per heavy atom. The van der Waals surface area contributed by atoms with Crippen LogP contribution in [-0.4, -0.2) is 11.6 Å². The summed E-state index contributed by atoms with van der Waals surface area (Å²) in [5, 5.41) is 0. The molecule has 5 rings (SSSR count). The van der Waals surface area contributed by atoms with Gasteiger partial charge in [-0.3, -0.25) is 9.59 Å². The van der Waals surface area contributed by atoms with E-state index in [0.717, 1.165) is 28.2 Å². The molecule has 0 radical (unpaired) electrons. The SMILES string of the molecule is O=C1CCc2ccc(Br)cc2C1.O=C1CCc2ccc(Br)cc2C1Cc1ccccc1. The van der Waals surface area contributed by atoms with Crippen molar-refractivity contribution < 1.29 is 9.59 Å². The number of Topliss-reactive ketones (excluding diaryl/α,β-unsaturated/α-hetero) is 2. The Bertz CT molecular complexity index is 1110. The Labute approximate surface area is 200 Å². The molecule has 158 valence electrons. The first-order valence-corrected chi connectivity index (χ1v) is 12.2. The predicted octanol–water partition coefficient (Wildman–Crippen LogP) is 6.80. The molecule has 0 heterocycles. The monoisotopic (exact) mass is 538 g/mol. The van der Waals surface area contributed by atoms with Crippen molar-refractivity contribution in [3.63, 3.8) is 0 Å². The summed E-state index contributed by atoms with van der Waals surface area (Å²) in [5.74, 6) is 0.749. The number of halogens is 2. The standard InChI is InChI=1S/C17H15BrO.C10H9BrO/c18-14-8-6-13-7-9-17(19)16(15(13)11-14)10-12-4-2-1-3-5-12;11-9-3-1-7-2-4-10(12)6-8(7)5-9/h1-6,8,11,16H,7,9-10H2;1,3,5H,2,4,6H2. The van der Waals surface area contributed by atoms with Crippen LogP contribution in [-0.2, 0) is 35.3 Å². The molecule has 3 aromatic rings. The Hall–Kier alpha value is -2.04. The zero-order valence-corrected chi connectivity index (χ0v) is 20.4. The third kappa shape index (κ3) is 5.61. The van der Waals surface area contributed by atoms with Crippen LogP contribution in [0, 0.1) is 0 Å². The highest BCUT2D eigenvalue weighted by Gasteiger charge is 2.27. The molecule has 0 saturated heterocycles. The molecule has 2 aliphatic carbocycles. The Kier molecular flexibility index (Phi) is 7.19. The van der Waals surface area contributed by atoms with Gasteiger partial charge in [0, 0.05) is 34.1 Å². The molecule has 3 aromatic carbocycles. The van der Waals surface area contributed by atoms with E-state index in [0.29, 0.717) is 30.8 Å². The number of hydrogen-bond acceptors (Lipinski definition) is 2. The summed E-state index contributed by atoms with van der Waals surface area (Å²) in [7, 11) is 0. The molecule has 1 atom stereocenters. The summed E-state index contributed by atoms with van der Waals surface area (Å²) >= 11 is 6.91. The van der Waals surface area contributed by atoms with Gasteiger partial charge >= 0.3 is 0 Å². The molecule has 0 N–H and O–H groups in total. The summed E-state index contributed by atoms with van der Waals surface area (Å²) in [4.78, 5) is 23.4. The van der Waals surface area contributed by atoms with Crippen LogP contribution in [0.3, 0.4) is 0 Å². The van der Waals surface area contributed by atoms with E-state index in [1.807, 2.05) is 30.3 Å². The van der Waals surface area contributed by atoms with Gasteiger partial charge < -0.3 is 0 Å². The van der Waals surface area contributed by atoms with Gasteiger partial charge in [0.25, 0.3) is 0 Å². The van der Waals surface area contributed by atoms with Crippen molar-refractivity contribution in [1.29, 1.82) is 0 Å². The molecular weight excluding hydrogens is 516 g/mol. The second-order valence-corrected chi connectivity index (χ2v) is 10.0. The van der Waals surface area contributed by atoms with Crippen molar-refractivity contribution in [3.05, 3.63) is 103 Å². The average Bonchev–Trinajstić information content (AvgIpc) is 2.77. The maximum absolute atomic E-state index is 12.3. The first kappa shape index (κ1) is 22.2. The average molecular weight is 540 g/mol. The van der Waals surface area contributed by atoms with Gasteiger partial charge in [0.2, 0.25) is 0 Å². The van der Waals surface area contributed by atoms with Crippen molar-refractivity contribution in [2.75, 3.05) is 0 Å². The molecule has 0 saturated carbocycles. The van der Waals surface area contributed by atoms with Gasteiger partial charge in [0.1, 0.15) is 11.6 Å². The number of fused-ring (bicyclic) bond motifs is 2. The number of carbonyl (C=O) groups is 2. The largest absolute Gasteiger partial charge is 0.299 e. The number of hydrogen-bond donors (Lipinski definition) is 0. The van der Waals surface area contributed by atoms with Crippen LogP contribution >= 0.6 is 31.9 Å². The van der Waals surface area contributed by atoms with Gasteiger partial charge in [-0.05, 0) is 71.3 Å². The molecule has 4 heteroatoms. The normalized spacial score (nSPS) is 17.3. The van der Waals surface area contributed by atoms with Crippen molar-refractivity contribution in [2.45, 2.75) is 44.4 Å². The molecule has 0 aliphatic heterocycles. The lowest BCUT2D eigenvalue weighted by atomic mass is 9.79. The minimum Gasteiger partial charge on any atom is -0.299 e. The zero-order chi connectivity index (χ0) is 21.8. The molecule has 2 nitrogen and oxygen atoms in total. The lowest BCUT2D eigenvalue weighted by Gasteiger charge is -2.24. The van der Waals surface area contributed by atoms with Gasteiger partial charge in [0.05, 0.1) is 0 Å². The van der Waals surface area contributed by atoms with Crippen LogP contribution in [0.25, 0.3) is 0 Å². The van der Waals surface area contributed by atoms with E-state index < -0.39 is 0 Å². The van der Waals surface area contributed by atoms with E-state index in [4.69, 9.17) is 0 Å². The summed E-state index contributed by atoms with van der Waals surface area (Å²) in [6, 6.07) is 22.8. The topological polar surface area (TPSA) is 34.1 Å². The van der Waals surface area contributed by atoms with Crippen molar-refractivity contribution in [1.82, 2.24) is 0 Å². The lowest BCUT2D eigenvalue weighted by molar-refractivity contribution is -0.121. The Morgan fingerprint density at radius 2 is 1.39 bits per heavy atom. The number of carbonyl (C=O) groups excluding carboxylic acids is 2. The highest BCUT2D eigenvalue weighted by Crippen LogP contribution is 2.33. The molecule has 0 fully saturated rings. The number of benzene rings is 3. The Balaban J connectivity index is 0.000000166. The van der Waals surface area contributed by atoms with Gasteiger partial charge in [-0.25, -0.2) is 0 Å². The Morgan fingerprint density at radius 3 is 2.16 bits per heavy atom. The van der Waals surface area contributed by atoms with Gasteiger partial charge in [0.15, 0.2) is 0 Å². The number of rotatable bonds is 2. The highest BCUT2D eigenvalue weighted by atomic mass is 79.9. The minimum absolute atomic E-state index is 0.0173. The minimum atomic E-state index is 0.0173. The fourth-order valence-electron chi connectivity index (χ4n) is 4.37. The second-order valence-electron chi connectivity index (χ2n) is 8.18. The highest BCUT2D eigenvalue weighted by molar-refractivity contribution is 9.10. The zero-order valence-electron chi connectivity index (χ0n) is 17.2.